The zero-order valence-corrected chi connectivity index (χ0v) is 15.4. The zero-order chi connectivity index (χ0) is 19.7. The fourth-order valence-electron chi connectivity index (χ4n) is 3.08. The minimum atomic E-state index is -0.596. The van der Waals surface area contributed by atoms with Crippen molar-refractivity contribution in [3.05, 3.63) is 59.1 Å². The number of carbonyl (C=O) groups is 2. The summed E-state index contributed by atoms with van der Waals surface area (Å²) in [5.41, 5.74) is 1.02. The topological polar surface area (TPSA) is 80.6 Å². The Bertz CT molecular complexity index is 1060. The highest BCUT2D eigenvalue weighted by Crippen LogP contribution is 2.32. The van der Waals surface area contributed by atoms with Gasteiger partial charge in [-0.2, -0.15) is 0 Å². The molecule has 8 heteroatoms. The number of nitrogens with one attached hydrogen (secondary N) is 2. The van der Waals surface area contributed by atoms with Crippen LogP contribution in [0.5, 0.6) is 0 Å². The van der Waals surface area contributed by atoms with Crippen LogP contribution in [-0.4, -0.2) is 24.5 Å². The molecule has 0 saturated carbocycles. The molecule has 144 valence electrons. The van der Waals surface area contributed by atoms with Crippen LogP contribution in [0.4, 0.5) is 15.8 Å². The first-order chi connectivity index (χ1) is 13.5. The number of ether oxygens (including phenoxy) is 1. The van der Waals surface area contributed by atoms with Gasteiger partial charge in [0.2, 0.25) is 5.76 Å². The molecule has 1 unspecified atom stereocenters. The van der Waals surface area contributed by atoms with Gasteiger partial charge in [-0.05, 0) is 43.2 Å². The van der Waals surface area contributed by atoms with Gasteiger partial charge in [0.1, 0.15) is 23.2 Å². The average Bonchev–Trinajstić information content (AvgIpc) is 3.33. The molecule has 2 heterocycles. The molecule has 6 nitrogen and oxygen atoms in total. The molecule has 2 amide bonds. The van der Waals surface area contributed by atoms with Crippen LogP contribution in [0.3, 0.4) is 0 Å². The van der Waals surface area contributed by atoms with E-state index in [4.69, 9.17) is 20.8 Å². The quantitative estimate of drug-likeness (QED) is 0.668. The van der Waals surface area contributed by atoms with Crippen molar-refractivity contribution in [2.45, 2.75) is 18.9 Å². The third-order valence-electron chi connectivity index (χ3n) is 4.45. The number of hydrogen-bond acceptors (Lipinski definition) is 4. The fourth-order valence-corrected chi connectivity index (χ4v) is 3.26. The maximum Gasteiger partial charge on any atom is 0.293 e. The zero-order valence-electron chi connectivity index (χ0n) is 14.6. The lowest BCUT2D eigenvalue weighted by Crippen LogP contribution is -2.27. The minimum absolute atomic E-state index is 0.0620. The number of halogens is 2. The number of carbonyl (C=O) groups excluding carboxylic acids is 2. The van der Waals surface area contributed by atoms with Crippen LogP contribution in [-0.2, 0) is 9.53 Å². The van der Waals surface area contributed by atoms with Gasteiger partial charge in [0.05, 0.1) is 5.02 Å². The van der Waals surface area contributed by atoms with E-state index in [0.717, 1.165) is 12.5 Å². The molecule has 0 aliphatic carbocycles. The normalized spacial score (nSPS) is 16.3. The Labute approximate surface area is 164 Å². The average molecular weight is 403 g/mol. The third-order valence-corrected chi connectivity index (χ3v) is 4.74. The molecule has 0 radical (unpaired) electrons. The summed E-state index contributed by atoms with van der Waals surface area (Å²) in [6.07, 6.45) is 0.876. The van der Waals surface area contributed by atoms with Crippen molar-refractivity contribution in [3.63, 3.8) is 0 Å². The lowest BCUT2D eigenvalue weighted by Gasteiger charge is -2.11. The van der Waals surface area contributed by atoms with E-state index >= 15 is 0 Å². The van der Waals surface area contributed by atoms with Crippen molar-refractivity contribution in [2.24, 2.45) is 0 Å². The molecule has 3 aromatic rings. The van der Waals surface area contributed by atoms with Gasteiger partial charge >= 0.3 is 0 Å². The molecule has 0 bridgehead atoms. The molecule has 1 fully saturated rings. The highest BCUT2D eigenvalue weighted by Gasteiger charge is 2.28. The van der Waals surface area contributed by atoms with Crippen LogP contribution < -0.4 is 10.6 Å². The molecule has 1 aliphatic rings. The second-order valence-corrected chi connectivity index (χ2v) is 6.78. The fraction of sp³-hybridized carbons (Fsp3) is 0.200. The Kier molecular flexibility index (Phi) is 5.02. The van der Waals surface area contributed by atoms with Crippen LogP contribution in [0.15, 0.2) is 46.9 Å². The maximum atomic E-state index is 13.3. The molecule has 4 rings (SSSR count). The van der Waals surface area contributed by atoms with Gasteiger partial charge < -0.3 is 19.8 Å². The minimum Gasteiger partial charge on any atom is -0.449 e. The largest absolute Gasteiger partial charge is 0.449 e. The van der Waals surface area contributed by atoms with E-state index in [1.807, 2.05) is 0 Å². The first-order valence-electron chi connectivity index (χ1n) is 8.73. The molecular weight excluding hydrogens is 387 g/mol. The van der Waals surface area contributed by atoms with Crippen molar-refractivity contribution in [1.29, 1.82) is 0 Å². The molecule has 1 aromatic heterocycles. The molecule has 1 atom stereocenters. The number of anilines is 2. The monoisotopic (exact) mass is 402 g/mol. The van der Waals surface area contributed by atoms with Crippen LogP contribution in [0.2, 0.25) is 5.02 Å². The number of hydrogen-bond donors (Lipinski definition) is 2. The number of fused-ring (bicyclic) bond motifs is 1. The maximum absolute atomic E-state index is 13.3. The van der Waals surface area contributed by atoms with Crippen molar-refractivity contribution in [1.82, 2.24) is 0 Å². The summed E-state index contributed by atoms with van der Waals surface area (Å²) >= 11 is 5.76. The standard InChI is InChI=1S/C20H16ClFN2O4/c21-13-10-11(7-8-14(13)22)23-20(26)18-17(12-4-1-2-5-15(12)28-18)24-19(25)16-6-3-9-27-16/h1-2,4-5,7-8,10,16H,3,6,9H2,(H,23,26)(H,24,25). The Hall–Kier alpha value is -2.90. The lowest BCUT2D eigenvalue weighted by atomic mass is 10.2. The predicted molar refractivity (Wildman–Crippen MR) is 103 cm³/mol. The number of benzene rings is 2. The first-order valence-corrected chi connectivity index (χ1v) is 9.11. The van der Waals surface area contributed by atoms with Gasteiger partial charge in [0.15, 0.2) is 0 Å². The smallest absolute Gasteiger partial charge is 0.293 e. The van der Waals surface area contributed by atoms with Crippen molar-refractivity contribution < 1.29 is 23.1 Å². The SMILES string of the molecule is O=C(Nc1ccc(F)c(Cl)c1)c1oc2ccccc2c1NC(=O)C1CCCO1. The molecule has 2 aromatic carbocycles. The van der Waals surface area contributed by atoms with Crippen LogP contribution in [0, 0.1) is 5.82 Å². The highest BCUT2D eigenvalue weighted by molar-refractivity contribution is 6.31. The van der Waals surface area contributed by atoms with Gasteiger partial charge in [-0.3, -0.25) is 9.59 Å². The van der Waals surface area contributed by atoms with E-state index < -0.39 is 17.8 Å². The molecule has 2 N–H and O–H groups in total. The van der Waals surface area contributed by atoms with Gasteiger partial charge in [-0.15, -0.1) is 0 Å². The molecule has 28 heavy (non-hydrogen) atoms. The molecule has 1 saturated heterocycles. The van der Waals surface area contributed by atoms with E-state index in [2.05, 4.69) is 10.6 Å². The summed E-state index contributed by atoms with van der Waals surface area (Å²) < 4.78 is 24.4. The highest BCUT2D eigenvalue weighted by atomic mass is 35.5. The van der Waals surface area contributed by atoms with E-state index in [1.54, 1.807) is 24.3 Å². The third kappa shape index (κ3) is 3.58. The molecule has 0 spiro atoms. The summed E-state index contributed by atoms with van der Waals surface area (Å²) in [4.78, 5) is 25.3. The Morgan fingerprint density at radius 3 is 2.71 bits per heavy atom. The lowest BCUT2D eigenvalue weighted by molar-refractivity contribution is -0.124. The molecule has 1 aliphatic heterocycles. The van der Waals surface area contributed by atoms with Crippen molar-refractivity contribution in [3.8, 4) is 0 Å². The van der Waals surface area contributed by atoms with Crippen molar-refractivity contribution >= 4 is 45.8 Å². The van der Waals surface area contributed by atoms with Gasteiger partial charge in [0, 0.05) is 17.7 Å². The van der Waals surface area contributed by atoms with E-state index in [9.17, 15) is 14.0 Å². The van der Waals surface area contributed by atoms with Gasteiger partial charge in [-0.25, -0.2) is 4.39 Å². The summed E-state index contributed by atoms with van der Waals surface area (Å²) in [6, 6.07) is 10.8. The first kappa shape index (κ1) is 18.5. The van der Waals surface area contributed by atoms with Crippen molar-refractivity contribution in [2.75, 3.05) is 17.2 Å². The summed E-state index contributed by atoms with van der Waals surface area (Å²) in [5.74, 6) is -1.58. The Morgan fingerprint density at radius 1 is 1.14 bits per heavy atom. The van der Waals surface area contributed by atoms with E-state index in [-0.39, 0.29) is 22.4 Å². The van der Waals surface area contributed by atoms with Crippen LogP contribution in [0.25, 0.3) is 11.0 Å². The second-order valence-electron chi connectivity index (χ2n) is 6.38. The number of para-hydroxylation sites is 1. The Balaban J connectivity index is 1.66. The number of amides is 2. The van der Waals surface area contributed by atoms with E-state index in [0.29, 0.717) is 29.7 Å². The van der Waals surface area contributed by atoms with Crippen LogP contribution in [0.1, 0.15) is 23.4 Å². The summed E-state index contributed by atoms with van der Waals surface area (Å²) in [5, 5.41) is 5.84. The Morgan fingerprint density at radius 2 is 1.96 bits per heavy atom. The molecular formula is C20H16ClFN2O4. The summed E-state index contributed by atoms with van der Waals surface area (Å²) in [7, 11) is 0. The van der Waals surface area contributed by atoms with Gasteiger partial charge in [-0.1, -0.05) is 23.7 Å². The summed E-state index contributed by atoms with van der Waals surface area (Å²) in [6.45, 7) is 0.531. The van der Waals surface area contributed by atoms with Crippen LogP contribution >= 0.6 is 11.6 Å². The number of rotatable bonds is 4. The second kappa shape index (κ2) is 7.61. The number of furan rings is 1. The van der Waals surface area contributed by atoms with Gasteiger partial charge in [0.25, 0.3) is 11.8 Å². The van der Waals surface area contributed by atoms with E-state index in [1.165, 1.54) is 12.1 Å². The predicted octanol–water partition coefficient (Wildman–Crippen LogP) is 4.60.